The Hall–Kier alpha value is -3.88. The van der Waals surface area contributed by atoms with Crippen LogP contribution in [0.1, 0.15) is 36.9 Å². The number of hydrazone groups is 1. The minimum atomic E-state index is -0.925. The number of nitrogens with one attached hydrogen (secondary N) is 2. The van der Waals surface area contributed by atoms with Crippen molar-refractivity contribution in [2.75, 3.05) is 13.2 Å². The van der Waals surface area contributed by atoms with E-state index in [9.17, 15) is 14.4 Å². The van der Waals surface area contributed by atoms with Gasteiger partial charge in [0.05, 0.1) is 38.3 Å². The lowest BCUT2D eigenvalue weighted by atomic mass is 10.0. The quantitative estimate of drug-likeness (QED) is 0.374. The number of ether oxygens (including phenoxy) is 2. The van der Waals surface area contributed by atoms with Crippen molar-refractivity contribution in [3.05, 3.63) is 65.7 Å². The molecule has 0 saturated heterocycles. The van der Waals surface area contributed by atoms with Crippen LogP contribution in [0.5, 0.6) is 5.75 Å². The van der Waals surface area contributed by atoms with Crippen molar-refractivity contribution in [2.45, 2.75) is 25.8 Å². The van der Waals surface area contributed by atoms with E-state index in [-0.39, 0.29) is 32.0 Å². The second-order valence-electron chi connectivity index (χ2n) is 6.39. The third-order valence-corrected chi connectivity index (χ3v) is 4.03. The van der Waals surface area contributed by atoms with Crippen LogP contribution in [0.25, 0.3) is 0 Å². The fourth-order valence-electron chi connectivity index (χ4n) is 2.57. The molecular weight excluding hydrogens is 402 g/mol. The van der Waals surface area contributed by atoms with E-state index in [2.05, 4.69) is 15.8 Å². The molecule has 1 atom stereocenters. The van der Waals surface area contributed by atoms with E-state index in [0.29, 0.717) is 5.75 Å². The van der Waals surface area contributed by atoms with Crippen molar-refractivity contribution in [2.24, 2.45) is 5.10 Å². The average Bonchev–Trinajstić information content (AvgIpc) is 2.75. The molecule has 0 bridgehead atoms. The first-order chi connectivity index (χ1) is 15.0. The number of benzene rings is 2. The van der Waals surface area contributed by atoms with Gasteiger partial charge in [0, 0.05) is 0 Å². The van der Waals surface area contributed by atoms with Crippen LogP contribution in [-0.4, -0.2) is 42.5 Å². The standard InChI is InChI=1S/C22H25N3O6/c1-2-30-22(29)24-19(17-6-4-3-5-7-17)14-20(26)25-23-15-16-8-10-18(11-9-16)31-13-12-21(27)28/h3-11,15,19H,2,12-14H2,1H3,(H,24,29)(H,25,26)(H,27,28)/b23-15-/t19-/m0/s1. The highest BCUT2D eigenvalue weighted by Crippen LogP contribution is 2.17. The maximum Gasteiger partial charge on any atom is 0.407 e. The van der Waals surface area contributed by atoms with Crippen LogP contribution >= 0.6 is 0 Å². The second-order valence-corrected chi connectivity index (χ2v) is 6.39. The first-order valence-corrected chi connectivity index (χ1v) is 9.72. The average molecular weight is 427 g/mol. The van der Waals surface area contributed by atoms with Crippen molar-refractivity contribution in [3.8, 4) is 5.75 Å². The summed E-state index contributed by atoms with van der Waals surface area (Å²) >= 11 is 0. The molecule has 2 amide bonds. The van der Waals surface area contributed by atoms with Gasteiger partial charge in [-0.1, -0.05) is 30.3 Å². The lowest BCUT2D eigenvalue weighted by Gasteiger charge is -2.18. The van der Waals surface area contributed by atoms with Gasteiger partial charge < -0.3 is 19.9 Å². The molecule has 0 aliphatic carbocycles. The predicted molar refractivity (Wildman–Crippen MR) is 114 cm³/mol. The third-order valence-electron chi connectivity index (χ3n) is 4.03. The smallest absolute Gasteiger partial charge is 0.407 e. The Morgan fingerprint density at radius 1 is 1.10 bits per heavy atom. The van der Waals surface area contributed by atoms with E-state index in [1.54, 1.807) is 31.2 Å². The number of hydrogen-bond donors (Lipinski definition) is 3. The summed E-state index contributed by atoms with van der Waals surface area (Å²) in [5, 5.41) is 15.2. The molecule has 0 radical (unpaired) electrons. The number of carboxylic acids is 1. The molecule has 2 aromatic rings. The van der Waals surface area contributed by atoms with E-state index in [1.807, 2.05) is 30.3 Å². The molecule has 9 heteroatoms. The van der Waals surface area contributed by atoms with Crippen LogP contribution in [0.4, 0.5) is 4.79 Å². The third kappa shape index (κ3) is 8.99. The summed E-state index contributed by atoms with van der Waals surface area (Å²) in [5.74, 6) is -0.764. The molecule has 31 heavy (non-hydrogen) atoms. The number of alkyl carbamates (subject to hydrolysis) is 1. The Bertz CT molecular complexity index is 884. The van der Waals surface area contributed by atoms with Crippen molar-refractivity contribution in [1.82, 2.24) is 10.7 Å². The molecule has 0 saturated carbocycles. The Labute approximate surface area is 180 Å². The zero-order chi connectivity index (χ0) is 22.5. The molecule has 2 aromatic carbocycles. The van der Waals surface area contributed by atoms with Gasteiger partial charge in [0.1, 0.15) is 5.75 Å². The summed E-state index contributed by atoms with van der Waals surface area (Å²) in [6, 6.07) is 15.4. The van der Waals surface area contributed by atoms with Gasteiger partial charge in [-0.2, -0.15) is 5.10 Å². The van der Waals surface area contributed by atoms with Gasteiger partial charge in [-0.05, 0) is 42.3 Å². The number of hydrogen-bond acceptors (Lipinski definition) is 6. The topological polar surface area (TPSA) is 126 Å². The first kappa shape index (κ1) is 23.4. The number of carbonyl (C=O) groups excluding carboxylic acids is 2. The fourth-order valence-corrected chi connectivity index (χ4v) is 2.57. The van der Waals surface area contributed by atoms with Gasteiger partial charge >= 0.3 is 12.1 Å². The van der Waals surface area contributed by atoms with Gasteiger partial charge in [0.15, 0.2) is 0 Å². The molecule has 0 aromatic heterocycles. The Morgan fingerprint density at radius 3 is 2.45 bits per heavy atom. The number of rotatable bonds is 11. The molecule has 2 rings (SSSR count). The van der Waals surface area contributed by atoms with E-state index in [0.717, 1.165) is 11.1 Å². The van der Waals surface area contributed by atoms with Crippen molar-refractivity contribution < 1.29 is 29.0 Å². The Kier molecular flexibility index (Phi) is 9.54. The highest BCUT2D eigenvalue weighted by Gasteiger charge is 2.18. The zero-order valence-electron chi connectivity index (χ0n) is 17.1. The SMILES string of the molecule is CCOC(=O)N[C@@H](CC(=O)N/N=C\c1ccc(OCCC(=O)O)cc1)c1ccccc1. The molecule has 0 aliphatic rings. The summed E-state index contributed by atoms with van der Waals surface area (Å²) in [6.07, 6.45) is 0.772. The maximum atomic E-state index is 12.3. The fraction of sp³-hybridized carbons (Fsp3) is 0.273. The van der Waals surface area contributed by atoms with E-state index in [4.69, 9.17) is 14.6 Å². The normalized spacial score (nSPS) is 11.5. The molecular formula is C22H25N3O6. The lowest BCUT2D eigenvalue weighted by Crippen LogP contribution is -2.33. The monoisotopic (exact) mass is 427 g/mol. The number of amides is 2. The van der Waals surface area contributed by atoms with Crippen molar-refractivity contribution in [3.63, 3.8) is 0 Å². The minimum absolute atomic E-state index is 0.0173. The molecule has 0 spiro atoms. The van der Waals surface area contributed by atoms with E-state index < -0.39 is 18.1 Å². The highest BCUT2D eigenvalue weighted by molar-refractivity contribution is 5.83. The van der Waals surface area contributed by atoms with Crippen LogP contribution in [0, 0.1) is 0 Å². The van der Waals surface area contributed by atoms with Crippen LogP contribution < -0.4 is 15.5 Å². The van der Waals surface area contributed by atoms with Crippen LogP contribution in [0.15, 0.2) is 59.7 Å². The highest BCUT2D eigenvalue weighted by atomic mass is 16.5. The number of carbonyl (C=O) groups is 3. The van der Waals surface area contributed by atoms with Crippen molar-refractivity contribution >= 4 is 24.2 Å². The summed E-state index contributed by atoms with van der Waals surface area (Å²) in [6.45, 7) is 2.02. The summed E-state index contributed by atoms with van der Waals surface area (Å²) in [5.41, 5.74) is 3.93. The zero-order valence-corrected chi connectivity index (χ0v) is 17.1. The molecule has 0 unspecified atom stereocenters. The Morgan fingerprint density at radius 2 is 1.81 bits per heavy atom. The van der Waals surface area contributed by atoms with Gasteiger partial charge in [-0.25, -0.2) is 10.2 Å². The number of aliphatic carboxylic acids is 1. The van der Waals surface area contributed by atoms with E-state index >= 15 is 0 Å². The first-order valence-electron chi connectivity index (χ1n) is 9.72. The number of nitrogens with zero attached hydrogens (tertiary/aromatic N) is 1. The Balaban J connectivity index is 1.88. The maximum absolute atomic E-state index is 12.3. The van der Waals surface area contributed by atoms with Gasteiger partial charge in [0.25, 0.3) is 0 Å². The van der Waals surface area contributed by atoms with Crippen LogP contribution in [-0.2, 0) is 14.3 Å². The molecule has 0 fully saturated rings. The minimum Gasteiger partial charge on any atom is -0.493 e. The van der Waals surface area contributed by atoms with Gasteiger partial charge in [-0.15, -0.1) is 0 Å². The molecule has 3 N–H and O–H groups in total. The van der Waals surface area contributed by atoms with Crippen LogP contribution in [0.2, 0.25) is 0 Å². The molecule has 0 heterocycles. The number of carboxylic acid groups (broad SMARTS) is 1. The second kappa shape index (κ2) is 12.6. The summed E-state index contributed by atoms with van der Waals surface area (Å²) in [7, 11) is 0. The summed E-state index contributed by atoms with van der Waals surface area (Å²) < 4.78 is 10.2. The molecule has 9 nitrogen and oxygen atoms in total. The summed E-state index contributed by atoms with van der Waals surface area (Å²) in [4.78, 5) is 34.6. The van der Waals surface area contributed by atoms with E-state index in [1.165, 1.54) is 6.21 Å². The van der Waals surface area contributed by atoms with Crippen molar-refractivity contribution in [1.29, 1.82) is 0 Å². The van der Waals surface area contributed by atoms with Gasteiger partial charge in [0.2, 0.25) is 5.91 Å². The largest absolute Gasteiger partial charge is 0.493 e. The van der Waals surface area contributed by atoms with Gasteiger partial charge in [-0.3, -0.25) is 9.59 Å². The van der Waals surface area contributed by atoms with Crippen LogP contribution in [0.3, 0.4) is 0 Å². The molecule has 0 aliphatic heterocycles. The molecule has 164 valence electrons. The lowest BCUT2D eigenvalue weighted by molar-refractivity contribution is -0.137. The predicted octanol–water partition coefficient (Wildman–Crippen LogP) is 2.87.